The van der Waals surface area contributed by atoms with E-state index in [1.165, 1.54) is 12.8 Å². The predicted molar refractivity (Wildman–Crippen MR) is 78.1 cm³/mol. The maximum Gasteiger partial charge on any atom is 0.164 e. The van der Waals surface area contributed by atoms with Crippen LogP contribution in [0.3, 0.4) is 0 Å². The van der Waals surface area contributed by atoms with E-state index >= 15 is 0 Å². The molecule has 0 atom stereocenters. The highest BCUT2D eigenvalue weighted by Crippen LogP contribution is 2.26. The van der Waals surface area contributed by atoms with E-state index in [-0.39, 0.29) is 0 Å². The van der Waals surface area contributed by atoms with Gasteiger partial charge in [0.15, 0.2) is 5.75 Å². The van der Waals surface area contributed by atoms with Crippen LogP contribution in [0.15, 0.2) is 43.9 Å². The molecule has 4 nitrogen and oxygen atoms in total. The summed E-state index contributed by atoms with van der Waals surface area (Å²) in [7, 11) is 0. The molecular formula is C15H21N3O. The molecule has 0 aliphatic carbocycles. The molecule has 0 saturated carbocycles. The van der Waals surface area contributed by atoms with Crippen molar-refractivity contribution in [3.05, 3.63) is 43.9 Å². The van der Waals surface area contributed by atoms with Gasteiger partial charge < -0.3 is 4.74 Å². The molecule has 0 fully saturated rings. The number of pyridine rings is 1. The Labute approximate surface area is 114 Å². The molecule has 0 amide bonds. The number of hydrogen-bond acceptors (Lipinski definition) is 3. The Hall–Kier alpha value is -2.10. The van der Waals surface area contributed by atoms with Gasteiger partial charge in [-0.15, -0.1) is 13.2 Å². The van der Waals surface area contributed by atoms with Crippen molar-refractivity contribution in [1.29, 1.82) is 0 Å². The number of ether oxygens (including phenoxy) is 1. The maximum absolute atomic E-state index is 5.71. The highest BCUT2D eigenvalue weighted by atomic mass is 16.5. The number of aromatic nitrogens is 3. The van der Waals surface area contributed by atoms with Gasteiger partial charge in [-0.05, 0) is 18.6 Å². The molecule has 2 aromatic rings. The molecule has 19 heavy (non-hydrogen) atoms. The van der Waals surface area contributed by atoms with Crippen LogP contribution in [0, 0.1) is 0 Å². The highest BCUT2D eigenvalue weighted by Gasteiger charge is 2.08. The second-order valence-electron chi connectivity index (χ2n) is 3.91. The molecule has 4 heteroatoms. The third kappa shape index (κ3) is 4.58. The minimum atomic E-state index is 0.737. The fourth-order valence-corrected chi connectivity index (χ4v) is 1.64. The third-order valence-electron chi connectivity index (χ3n) is 2.56. The fourth-order valence-electron chi connectivity index (χ4n) is 1.64. The molecule has 0 aliphatic rings. The Morgan fingerprint density at radius 2 is 2.11 bits per heavy atom. The van der Waals surface area contributed by atoms with Gasteiger partial charge in [-0.3, -0.25) is 10.1 Å². The molecule has 2 rings (SSSR count). The monoisotopic (exact) mass is 259 g/mol. The van der Waals surface area contributed by atoms with Crippen LogP contribution in [-0.4, -0.2) is 21.8 Å². The van der Waals surface area contributed by atoms with Gasteiger partial charge in [-0.1, -0.05) is 19.8 Å². The van der Waals surface area contributed by atoms with Crippen LogP contribution in [-0.2, 0) is 0 Å². The quantitative estimate of drug-likeness (QED) is 0.633. The summed E-state index contributed by atoms with van der Waals surface area (Å²) in [6.07, 6.45) is 8.74. The van der Waals surface area contributed by atoms with E-state index in [2.05, 4.69) is 35.3 Å². The molecule has 0 saturated heterocycles. The van der Waals surface area contributed by atoms with Crippen LogP contribution in [0.2, 0.25) is 0 Å². The highest BCUT2D eigenvalue weighted by molar-refractivity contribution is 5.64. The normalized spacial score (nSPS) is 9.53. The van der Waals surface area contributed by atoms with Crippen LogP contribution in [0.4, 0.5) is 0 Å². The minimum Gasteiger partial charge on any atom is -0.490 e. The van der Waals surface area contributed by atoms with E-state index in [0.29, 0.717) is 0 Å². The summed E-state index contributed by atoms with van der Waals surface area (Å²) >= 11 is 0. The lowest BCUT2D eigenvalue weighted by molar-refractivity contribution is 0.307. The first-order valence-corrected chi connectivity index (χ1v) is 6.48. The Morgan fingerprint density at radius 3 is 2.79 bits per heavy atom. The first kappa shape index (κ1) is 15.0. The summed E-state index contributed by atoms with van der Waals surface area (Å²) in [5.41, 5.74) is 1.89. The topological polar surface area (TPSA) is 50.8 Å². The SMILES string of the molecule is C=C.CCCCCOc1cn[nH]c1-c1cccnc1. The van der Waals surface area contributed by atoms with Crippen molar-refractivity contribution in [3.63, 3.8) is 0 Å². The van der Waals surface area contributed by atoms with Gasteiger partial charge in [-0.25, -0.2) is 0 Å². The lowest BCUT2D eigenvalue weighted by atomic mass is 10.2. The summed E-state index contributed by atoms with van der Waals surface area (Å²) in [5, 5.41) is 6.97. The zero-order chi connectivity index (χ0) is 13.9. The molecule has 2 aromatic heterocycles. The van der Waals surface area contributed by atoms with Gasteiger partial charge in [-0.2, -0.15) is 5.10 Å². The zero-order valence-corrected chi connectivity index (χ0v) is 11.4. The van der Waals surface area contributed by atoms with Crippen molar-refractivity contribution in [1.82, 2.24) is 15.2 Å². The van der Waals surface area contributed by atoms with Crippen LogP contribution in [0.25, 0.3) is 11.3 Å². The van der Waals surface area contributed by atoms with Crippen molar-refractivity contribution >= 4 is 0 Å². The van der Waals surface area contributed by atoms with E-state index in [9.17, 15) is 0 Å². The van der Waals surface area contributed by atoms with Gasteiger partial charge in [0.2, 0.25) is 0 Å². The van der Waals surface area contributed by atoms with Crippen molar-refractivity contribution in [2.24, 2.45) is 0 Å². The Kier molecular flexibility index (Phi) is 7.02. The van der Waals surface area contributed by atoms with E-state index in [0.717, 1.165) is 30.0 Å². The lowest BCUT2D eigenvalue weighted by Gasteiger charge is -2.05. The average Bonchev–Trinajstić information content (AvgIpc) is 2.95. The van der Waals surface area contributed by atoms with E-state index in [1.54, 1.807) is 18.6 Å². The second kappa shape index (κ2) is 8.91. The number of nitrogens with zero attached hydrogens (tertiary/aromatic N) is 2. The molecule has 0 aliphatic heterocycles. The lowest BCUT2D eigenvalue weighted by Crippen LogP contribution is -1.97. The van der Waals surface area contributed by atoms with Crippen molar-refractivity contribution < 1.29 is 4.74 Å². The van der Waals surface area contributed by atoms with Crippen LogP contribution in [0.5, 0.6) is 5.75 Å². The smallest absolute Gasteiger partial charge is 0.164 e. The Bertz CT molecular complexity index is 453. The summed E-state index contributed by atoms with van der Waals surface area (Å²) in [6, 6.07) is 3.89. The van der Waals surface area contributed by atoms with Crippen LogP contribution >= 0.6 is 0 Å². The summed E-state index contributed by atoms with van der Waals surface area (Å²) < 4.78 is 5.71. The number of nitrogens with one attached hydrogen (secondary N) is 1. The molecule has 102 valence electrons. The molecule has 2 heterocycles. The minimum absolute atomic E-state index is 0.737. The molecular weight excluding hydrogens is 238 g/mol. The van der Waals surface area contributed by atoms with Gasteiger partial charge >= 0.3 is 0 Å². The second-order valence-corrected chi connectivity index (χ2v) is 3.91. The number of H-pyrrole nitrogens is 1. The largest absolute Gasteiger partial charge is 0.490 e. The van der Waals surface area contributed by atoms with Crippen molar-refractivity contribution in [3.8, 4) is 17.0 Å². The Balaban J connectivity index is 0.000000861. The number of aromatic amines is 1. The first-order valence-electron chi connectivity index (χ1n) is 6.48. The van der Waals surface area contributed by atoms with E-state index < -0.39 is 0 Å². The number of rotatable bonds is 6. The number of unbranched alkanes of at least 4 members (excludes halogenated alkanes) is 2. The summed E-state index contributed by atoms with van der Waals surface area (Å²) in [5.74, 6) is 0.800. The molecule has 0 unspecified atom stereocenters. The molecule has 1 N–H and O–H groups in total. The van der Waals surface area contributed by atoms with E-state index in [4.69, 9.17) is 4.74 Å². The molecule has 0 bridgehead atoms. The van der Waals surface area contributed by atoms with E-state index in [1.807, 2.05) is 12.1 Å². The fraction of sp³-hybridized carbons (Fsp3) is 0.333. The molecule has 0 aromatic carbocycles. The van der Waals surface area contributed by atoms with Gasteiger partial charge in [0.05, 0.1) is 12.8 Å². The predicted octanol–water partition coefficient (Wildman–Crippen LogP) is 3.84. The van der Waals surface area contributed by atoms with Crippen LogP contribution < -0.4 is 4.74 Å². The first-order chi connectivity index (χ1) is 9.42. The molecule has 0 spiro atoms. The average molecular weight is 259 g/mol. The van der Waals surface area contributed by atoms with Gasteiger partial charge in [0.25, 0.3) is 0 Å². The zero-order valence-electron chi connectivity index (χ0n) is 11.4. The summed E-state index contributed by atoms with van der Waals surface area (Å²) in [6.45, 7) is 8.92. The Morgan fingerprint density at radius 1 is 1.26 bits per heavy atom. The third-order valence-corrected chi connectivity index (χ3v) is 2.56. The summed E-state index contributed by atoms with van der Waals surface area (Å²) in [4.78, 5) is 4.09. The van der Waals surface area contributed by atoms with Gasteiger partial charge in [0.1, 0.15) is 5.69 Å². The number of hydrogen-bond donors (Lipinski definition) is 1. The van der Waals surface area contributed by atoms with Crippen molar-refractivity contribution in [2.45, 2.75) is 26.2 Å². The molecule has 0 radical (unpaired) electrons. The van der Waals surface area contributed by atoms with Crippen LogP contribution in [0.1, 0.15) is 26.2 Å². The maximum atomic E-state index is 5.71. The standard InChI is InChI=1S/C13H17N3O.C2H4/c1-2-3-4-8-17-12-10-15-16-13(12)11-6-5-7-14-9-11;1-2/h5-7,9-10H,2-4,8H2,1H3,(H,15,16);1-2H2. The van der Waals surface area contributed by atoms with Crippen molar-refractivity contribution in [2.75, 3.05) is 6.61 Å². The van der Waals surface area contributed by atoms with Gasteiger partial charge in [0, 0.05) is 18.0 Å².